The van der Waals surface area contributed by atoms with E-state index in [2.05, 4.69) is 74.4 Å². The molecule has 1 aliphatic carbocycles. The molecule has 0 bridgehead atoms. The first-order chi connectivity index (χ1) is 10.0. The Morgan fingerprint density at radius 2 is 1.14 bits per heavy atom. The van der Waals surface area contributed by atoms with Gasteiger partial charge in [-0.15, -0.1) is 0 Å². The van der Waals surface area contributed by atoms with Crippen LogP contribution in [0.3, 0.4) is 0 Å². The van der Waals surface area contributed by atoms with Crippen molar-refractivity contribution in [1.29, 1.82) is 0 Å². The highest BCUT2D eigenvalue weighted by Gasteiger charge is 2.19. The van der Waals surface area contributed by atoms with Crippen molar-refractivity contribution in [2.45, 2.75) is 19.5 Å². The largest absolute Gasteiger partial charge is 0.305 e. The zero-order chi connectivity index (χ0) is 15.0. The van der Waals surface area contributed by atoms with Gasteiger partial charge in [-0.1, -0.05) is 36.4 Å². The molecule has 0 heterocycles. The minimum Gasteiger partial charge on any atom is -0.305 e. The van der Waals surface area contributed by atoms with Crippen LogP contribution in [0.5, 0.6) is 0 Å². The summed E-state index contributed by atoms with van der Waals surface area (Å²) in [6.45, 7) is 2.02. The van der Waals surface area contributed by atoms with Crippen LogP contribution in [0.1, 0.15) is 22.3 Å². The molecule has 0 spiro atoms. The van der Waals surface area contributed by atoms with E-state index in [1.807, 2.05) is 0 Å². The van der Waals surface area contributed by atoms with Gasteiger partial charge in [0, 0.05) is 13.1 Å². The molecule has 21 heavy (non-hydrogen) atoms. The first kappa shape index (κ1) is 14.3. The van der Waals surface area contributed by atoms with Crippen LogP contribution in [0.4, 0.5) is 0 Å². The van der Waals surface area contributed by atoms with E-state index in [0.29, 0.717) is 0 Å². The fraction of sp³-hybridized carbons (Fsp3) is 0.368. The van der Waals surface area contributed by atoms with Crippen molar-refractivity contribution in [2.24, 2.45) is 0 Å². The Labute approximate surface area is 128 Å². The van der Waals surface area contributed by atoms with Crippen LogP contribution >= 0.6 is 0 Å². The first-order valence-electron chi connectivity index (χ1n) is 7.56. The lowest BCUT2D eigenvalue weighted by molar-refractivity contribution is 0.402. The van der Waals surface area contributed by atoms with Gasteiger partial charge in [0.2, 0.25) is 0 Å². The van der Waals surface area contributed by atoms with E-state index in [1.54, 1.807) is 0 Å². The normalized spacial score (nSPS) is 12.9. The summed E-state index contributed by atoms with van der Waals surface area (Å²) in [6, 6.07) is 13.9. The molecule has 110 valence electrons. The van der Waals surface area contributed by atoms with Crippen LogP contribution in [0, 0.1) is 0 Å². The molecule has 2 aromatic carbocycles. The third-order valence-electron chi connectivity index (χ3n) is 4.01. The molecule has 0 aliphatic heterocycles. The summed E-state index contributed by atoms with van der Waals surface area (Å²) in [6.07, 6.45) is 1.08. The predicted molar refractivity (Wildman–Crippen MR) is 89.5 cm³/mol. The Hall–Kier alpha value is -1.64. The van der Waals surface area contributed by atoms with Gasteiger partial charge in [-0.25, -0.2) is 0 Å². The van der Waals surface area contributed by atoms with Crippen molar-refractivity contribution in [3.63, 3.8) is 0 Å². The Morgan fingerprint density at radius 3 is 1.52 bits per heavy atom. The third kappa shape index (κ3) is 3.02. The second kappa shape index (κ2) is 5.63. The molecule has 2 aromatic rings. The summed E-state index contributed by atoms with van der Waals surface area (Å²) in [5.74, 6) is 0. The quantitative estimate of drug-likeness (QED) is 0.723. The molecular weight excluding hydrogens is 256 g/mol. The molecule has 1 aliphatic rings. The zero-order valence-electron chi connectivity index (χ0n) is 13.5. The van der Waals surface area contributed by atoms with Gasteiger partial charge in [0.1, 0.15) is 0 Å². The van der Waals surface area contributed by atoms with Gasteiger partial charge < -0.3 is 9.80 Å². The number of benzene rings is 2. The maximum atomic E-state index is 2.38. The van der Waals surface area contributed by atoms with Gasteiger partial charge in [0.15, 0.2) is 0 Å². The Morgan fingerprint density at radius 1 is 0.714 bits per heavy atom. The molecule has 2 heteroatoms. The average Bonchev–Trinajstić information content (AvgIpc) is 2.73. The van der Waals surface area contributed by atoms with Crippen molar-refractivity contribution in [1.82, 2.24) is 9.80 Å². The Balaban J connectivity index is 1.90. The molecule has 2 nitrogen and oxygen atoms in total. The lowest BCUT2D eigenvalue weighted by atomic mass is 10.0. The van der Waals surface area contributed by atoms with Gasteiger partial charge in [0.05, 0.1) is 0 Å². The maximum Gasteiger partial charge on any atom is 0.0227 e. The highest BCUT2D eigenvalue weighted by molar-refractivity contribution is 5.77. The van der Waals surface area contributed by atoms with Crippen LogP contribution in [-0.4, -0.2) is 38.0 Å². The summed E-state index contributed by atoms with van der Waals surface area (Å²) >= 11 is 0. The zero-order valence-corrected chi connectivity index (χ0v) is 13.5. The molecule has 0 radical (unpaired) electrons. The molecular formula is C19H24N2. The van der Waals surface area contributed by atoms with Crippen molar-refractivity contribution in [3.8, 4) is 11.1 Å². The van der Waals surface area contributed by atoms with E-state index in [1.165, 1.54) is 33.4 Å². The fourth-order valence-corrected chi connectivity index (χ4v) is 3.24. The predicted octanol–water partition coefficient (Wildman–Crippen LogP) is 3.38. The number of fused-ring (bicyclic) bond motifs is 3. The van der Waals surface area contributed by atoms with E-state index >= 15 is 0 Å². The molecule has 3 rings (SSSR count). The maximum absolute atomic E-state index is 2.38. The van der Waals surface area contributed by atoms with Gasteiger partial charge in [0.25, 0.3) is 0 Å². The van der Waals surface area contributed by atoms with Crippen molar-refractivity contribution >= 4 is 0 Å². The second-order valence-electron chi connectivity index (χ2n) is 6.64. The minimum atomic E-state index is 1.01. The smallest absolute Gasteiger partial charge is 0.0227 e. The summed E-state index contributed by atoms with van der Waals surface area (Å²) in [7, 11) is 8.48. The van der Waals surface area contributed by atoms with E-state index in [-0.39, 0.29) is 0 Å². The van der Waals surface area contributed by atoms with Crippen molar-refractivity contribution < 1.29 is 0 Å². The molecule has 0 unspecified atom stereocenters. The summed E-state index contributed by atoms with van der Waals surface area (Å²) in [5.41, 5.74) is 8.60. The summed E-state index contributed by atoms with van der Waals surface area (Å²) < 4.78 is 0. The van der Waals surface area contributed by atoms with E-state index in [4.69, 9.17) is 0 Å². The number of nitrogens with zero attached hydrogens (tertiary/aromatic N) is 2. The van der Waals surface area contributed by atoms with E-state index < -0.39 is 0 Å². The van der Waals surface area contributed by atoms with Gasteiger partial charge in [-0.2, -0.15) is 0 Å². The average molecular weight is 280 g/mol. The van der Waals surface area contributed by atoms with Crippen LogP contribution in [0.15, 0.2) is 36.4 Å². The van der Waals surface area contributed by atoms with Crippen molar-refractivity contribution in [3.05, 3.63) is 58.7 Å². The molecule has 0 saturated carbocycles. The fourth-order valence-electron chi connectivity index (χ4n) is 3.24. The Kier molecular flexibility index (Phi) is 3.83. The molecule has 0 fully saturated rings. The van der Waals surface area contributed by atoms with Crippen LogP contribution in [0.2, 0.25) is 0 Å². The van der Waals surface area contributed by atoms with Crippen LogP contribution < -0.4 is 0 Å². The molecule has 0 aromatic heterocycles. The summed E-state index contributed by atoms with van der Waals surface area (Å²) in [5, 5.41) is 0. The molecule has 0 atom stereocenters. The molecule has 0 saturated heterocycles. The summed E-state index contributed by atoms with van der Waals surface area (Å²) in [4.78, 5) is 4.44. The third-order valence-corrected chi connectivity index (χ3v) is 4.01. The minimum absolute atomic E-state index is 1.01. The number of rotatable bonds is 4. The molecule has 0 amide bonds. The number of hydrogen-bond donors (Lipinski definition) is 0. The molecule has 0 N–H and O–H groups in total. The van der Waals surface area contributed by atoms with Gasteiger partial charge in [-0.05, 0) is 68.0 Å². The standard InChI is InChI=1S/C19H24N2/c1-20(2)12-14-5-7-18-16(9-14)11-17-10-15(13-21(3)4)6-8-19(17)18/h5-10H,11-13H2,1-4H3. The highest BCUT2D eigenvalue weighted by Crippen LogP contribution is 2.37. The van der Waals surface area contributed by atoms with Gasteiger partial charge >= 0.3 is 0 Å². The number of hydrogen-bond acceptors (Lipinski definition) is 2. The second-order valence-corrected chi connectivity index (χ2v) is 6.64. The Bertz CT molecular complexity index is 599. The van der Waals surface area contributed by atoms with Crippen molar-refractivity contribution in [2.75, 3.05) is 28.2 Å². The van der Waals surface area contributed by atoms with E-state index in [9.17, 15) is 0 Å². The van der Waals surface area contributed by atoms with Gasteiger partial charge in [-0.3, -0.25) is 0 Å². The topological polar surface area (TPSA) is 6.48 Å². The lowest BCUT2D eigenvalue weighted by Gasteiger charge is -2.11. The monoisotopic (exact) mass is 280 g/mol. The lowest BCUT2D eigenvalue weighted by Crippen LogP contribution is -2.10. The van der Waals surface area contributed by atoms with Crippen LogP contribution in [0.25, 0.3) is 11.1 Å². The SMILES string of the molecule is CN(C)Cc1ccc2c(c1)Cc1cc(CN(C)C)ccc1-2. The van der Waals surface area contributed by atoms with E-state index in [0.717, 1.165) is 19.5 Å². The van der Waals surface area contributed by atoms with Crippen LogP contribution in [-0.2, 0) is 19.5 Å². The highest BCUT2D eigenvalue weighted by atomic mass is 15.1. The first-order valence-corrected chi connectivity index (χ1v) is 7.56.